The number of likely N-dealkylation sites (tertiary alicyclic amines) is 1. The molecule has 0 saturated carbocycles. The smallest absolute Gasteiger partial charge is 0.295 e. The van der Waals surface area contributed by atoms with Crippen molar-refractivity contribution in [1.29, 1.82) is 0 Å². The van der Waals surface area contributed by atoms with E-state index in [1.54, 1.807) is 16.2 Å². The molecule has 0 spiro atoms. The van der Waals surface area contributed by atoms with Gasteiger partial charge in [-0.25, -0.2) is 4.98 Å². The molecule has 3 aromatic rings. The molecule has 1 amide bonds. The highest BCUT2D eigenvalue weighted by Crippen LogP contribution is 2.40. The molecule has 0 unspecified atom stereocenters. The Morgan fingerprint density at radius 3 is 2.34 bits per heavy atom. The summed E-state index contributed by atoms with van der Waals surface area (Å²) in [5.41, 5.74) is 4.71. The highest BCUT2D eigenvalue weighted by molar-refractivity contribution is 6.46. The molecule has 1 aliphatic rings. The minimum absolute atomic E-state index is 0.0310. The van der Waals surface area contributed by atoms with Gasteiger partial charge < -0.3 is 14.9 Å². The Balaban J connectivity index is 1.92. The van der Waals surface area contributed by atoms with Crippen LogP contribution in [0.25, 0.3) is 11.4 Å². The van der Waals surface area contributed by atoms with E-state index in [1.807, 2.05) is 68.5 Å². The number of benzene rings is 1. The lowest BCUT2D eigenvalue weighted by Gasteiger charge is -2.27. The van der Waals surface area contributed by atoms with Crippen molar-refractivity contribution in [3.8, 4) is 0 Å². The topological polar surface area (TPSA) is 78.1 Å². The van der Waals surface area contributed by atoms with E-state index in [2.05, 4.69) is 25.8 Å². The molecule has 35 heavy (non-hydrogen) atoms. The zero-order chi connectivity index (χ0) is 25.7. The first kappa shape index (κ1) is 24.7. The lowest BCUT2D eigenvalue weighted by molar-refractivity contribution is -0.140. The maximum absolute atomic E-state index is 13.4. The quantitative estimate of drug-likeness (QED) is 0.340. The van der Waals surface area contributed by atoms with Crippen molar-refractivity contribution >= 4 is 23.1 Å². The van der Waals surface area contributed by atoms with Gasteiger partial charge in [0.25, 0.3) is 11.7 Å². The van der Waals surface area contributed by atoms with E-state index in [9.17, 15) is 14.7 Å². The van der Waals surface area contributed by atoms with Crippen molar-refractivity contribution in [2.24, 2.45) is 0 Å². The third-order valence-electron chi connectivity index (χ3n) is 6.66. The van der Waals surface area contributed by atoms with Crippen LogP contribution in [0.1, 0.15) is 54.9 Å². The molecular weight excluding hydrogens is 440 g/mol. The van der Waals surface area contributed by atoms with Gasteiger partial charge in [0.2, 0.25) is 0 Å². The fourth-order valence-corrected chi connectivity index (χ4v) is 4.66. The van der Waals surface area contributed by atoms with Gasteiger partial charge in [-0.1, -0.05) is 51.1 Å². The van der Waals surface area contributed by atoms with E-state index in [-0.39, 0.29) is 16.7 Å². The van der Waals surface area contributed by atoms with Gasteiger partial charge >= 0.3 is 0 Å². The number of aliphatic hydroxyl groups is 1. The molecule has 7 nitrogen and oxygen atoms in total. The molecular formula is C28H34N4O3. The number of amides is 1. The second-order valence-corrected chi connectivity index (χ2v) is 10.6. The molecule has 0 aliphatic carbocycles. The molecule has 0 bridgehead atoms. The largest absolute Gasteiger partial charge is 0.505 e. The van der Waals surface area contributed by atoms with Crippen LogP contribution in [-0.2, 0) is 15.0 Å². The number of ketones is 1. The molecule has 1 aromatic carbocycles. The van der Waals surface area contributed by atoms with Crippen LogP contribution < -0.4 is 0 Å². The van der Waals surface area contributed by atoms with E-state index >= 15 is 0 Å². The lowest BCUT2D eigenvalue weighted by atomic mass is 9.85. The van der Waals surface area contributed by atoms with E-state index < -0.39 is 17.7 Å². The molecule has 3 heterocycles. The zero-order valence-corrected chi connectivity index (χ0v) is 21.6. The monoisotopic (exact) mass is 474 g/mol. The Morgan fingerprint density at radius 1 is 1.09 bits per heavy atom. The average Bonchev–Trinajstić information content (AvgIpc) is 3.26. The molecule has 184 valence electrons. The third-order valence-corrected chi connectivity index (χ3v) is 6.66. The van der Waals surface area contributed by atoms with E-state index in [0.29, 0.717) is 30.1 Å². The van der Waals surface area contributed by atoms with Gasteiger partial charge in [-0.15, -0.1) is 0 Å². The Hall–Kier alpha value is -3.45. The second kappa shape index (κ2) is 8.96. The number of nitrogens with zero attached hydrogens (tertiary/aromatic N) is 4. The highest BCUT2D eigenvalue weighted by atomic mass is 16.3. The number of imidazole rings is 1. The minimum Gasteiger partial charge on any atom is -0.505 e. The van der Waals surface area contributed by atoms with Crippen molar-refractivity contribution in [3.05, 3.63) is 76.2 Å². The fourth-order valence-electron chi connectivity index (χ4n) is 4.66. The summed E-state index contributed by atoms with van der Waals surface area (Å²) in [6.45, 7) is 11.1. The summed E-state index contributed by atoms with van der Waals surface area (Å²) in [6, 6.07) is 11.1. The maximum atomic E-state index is 13.4. The first-order valence-electron chi connectivity index (χ1n) is 11.9. The van der Waals surface area contributed by atoms with Gasteiger partial charge in [0.15, 0.2) is 5.76 Å². The second-order valence-electron chi connectivity index (χ2n) is 10.6. The Labute approximate surface area is 206 Å². The molecule has 0 radical (unpaired) electrons. The zero-order valence-electron chi connectivity index (χ0n) is 21.6. The van der Waals surface area contributed by atoms with Crippen molar-refractivity contribution in [2.75, 3.05) is 27.2 Å². The van der Waals surface area contributed by atoms with Crippen molar-refractivity contribution < 1.29 is 14.7 Å². The van der Waals surface area contributed by atoms with E-state index in [1.165, 1.54) is 0 Å². The van der Waals surface area contributed by atoms with E-state index in [4.69, 9.17) is 0 Å². The summed E-state index contributed by atoms with van der Waals surface area (Å²) < 4.78 is 1.78. The van der Waals surface area contributed by atoms with Gasteiger partial charge in [-0.3, -0.25) is 14.0 Å². The maximum Gasteiger partial charge on any atom is 0.295 e. The molecule has 1 saturated heterocycles. The van der Waals surface area contributed by atoms with Crippen LogP contribution in [0.15, 0.2) is 48.2 Å². The lowest BCUT2D eigenvalue weighted by Crippen LogP contribution is -2.35. The number of Topliss-reactive ketones (excluding diaryl/α,β-unsaturated/α-hetero) is 1. The fraction of sp³-hybridized carbons (Fsp3) is 0.393. The number of hydrogen-bond acceptors (Lipinski definition) is 5. The van der Waals surface area contributed by atoms with Crippen LogP contribution in [0.2, 0.25) is 0 Å². The molecule has 7 heteroatoms. The molecule has 1 atom stereocenters. The van der Waals surface area contributed by atoms with Gasteiger partial charge in [-0.2, -0.15) is 0 Å². The standard InChI is InChI=1S/C28H34N4O3/c1-17-9-8-14-31-22(18(2)29-26(17)31)24(33)21-23(19-10-12-20(13-11-19)28(3,4)5)32(16-15-30(6)7)27(35)25(21)34/h8-14,23,33H,15-16H2,1-7H3/b24-21+/t23-/m0/s1. The predicted octanol–water partition coefficient (Wildman–Crippen LogP) is 4.23. The van der Waals surface area contributed by atoms with Crippen molar-refractivity contribution in [2.45, 2.75) is 46.1 Å². The van der Waals surface area contributed by atoms with Gasteiger partial charge in [-0.05, 0) is 56.1 Å². The normalized spacial score (nSPS) is 18.3. The van der Waals surface area contributed by atoms with Crippen LogP contribution in [-0.4, -0.2) is 63.2 Å². The number of pyridine rings is 1. The highest BCUT2D eigenvalue weighted by Gasteiger charge is 2.46. The number of fused-ring (bicyclic) bond motifs is 1. The van der Waals surface area contributed by atoms with Crippen LogP contribution in [0, 0.1) is 13.8 Å². The number of aromatic nitrogens is 2. The summed E-state index contributed by atoms with van der Waals surface area (Å²) in [5, 5.41) is 11.6. The number of aryl methyl sites for hydroxylation is 2. The van der Waals surface area contributed by atoms with Crippen LogP contribution in [0.3, 0.4) is 0 Å². The van der Waals surface area contributed by atoms with Crippen molar-refractivity contribution in [1.82, 2.24) is 19.2 Å². The van der Waals surface area contributed by atoms with Crippen LogP contribution in [0.4, 0.5) is 0 Å². The summed E-state index contributed by atoms with van der Waals surface area (Å²) >= 11 is 0. The number of aliphatic hydroxyl groups excluding tert-OH is 1. The van der Waals surface area contributed by atoms with Crippen LogP contribution in [0.5, 0.6) is 0 Å². The molecule has 1 fully saturated rings. The molecule has 1 N–H and O–H groups in total. The number of hydrogen-bond donors (Lipinski definition) is 1. The number of rotatable bonds is 5. The van der Waals surface area contributed by atoms with Crippen LogP contribution >= 0.6 is 0 Å². The summed E-state index contributed by atoms with van der Waals surface area (Å²) in [7, 11) is 3.85. The third kappa shape index (κ3) is 4.36. The van der Waals surface area contributed by atoms with Gasteiger partial charge in [0.05, 0.1) is 17.3 Å². The SMILES string of the molecule is Cc1nc2c(C)cccn2c1/C(O)=C1\C(=O)C(=O)N(CCN(C)C)[C@H]1c1ccc(C(C)(C)C)cc1. The Bertz CT molecular complexity index is 1330. The summed E-state index contributed by atoms with van der Waals surface area (Å²) in [6.07, 6.45) is 1.81. The predicted molar refractivity (Wildman–Crippen MR) is 137 cm³/mol. The van der Waals surface area contributed by atoms with Gasteiger partial charge in [0.1, 0.15) is 11.3 Å². The first-order chi connectivity index (χ1) is 16.4. The molecule has 2 aromatic heterocycles. The summed E-state index contributed by atoms with van der Waals surface area (Å²) in [4.78, 5) is 34.7. The van der Waals surface area contributed by atoms with E-state index in [0.717, 1.165) is 16.7 Å². The first-order valence-corrected chi connectivity index (χ1v) is 11.9. The number of carbonyl (C=O) groups is 2. The minimum atomic E-state index is -0.682. The van der Waals surface area contributed by atoms with Crippen molar-refractivity contribution in [3.63, 3.8) is 0 Å². The average molecular weight is 475 g/mol. The number of carbonyl (C=O) groups excluding carboxylic acids is 2. The molecule has 4 rings (SSSR count). The Kier molecular flexibility index (Phi) is 6.32. The number of likely N-dealkylation sites (N-methyl/N-ethyl adjacent to an activating group) is 1. The molecule has 1 aliphatic heterocycles. The Morgan fingerprint density at radius 2 is 1.74 bits per heavy atom. The van der Waals surface area contributed by atoms with Gasteiger partial charge in [0, 0.05) is 19.3 Å². The summed E-state index contributed by atoms with van der Waals surface area (Å²) in [5.74, 6) is -1.47.